The van der Waals surface area contributed by atoms with E-state index >= 15 is 0 Å². The lowest BCUT2D eigenvalue weighted by molar-refractivity contribution is -0.121. The summed E-state index contributed by atoms with van der Waals surface area (Å²) in [6, 6.07) is 0.0673. The Kier molecular flexibility index (Phi) is 5.40. The van der Waals surface area contributed by atoms with Crippen molar-refractivity contribution in [3.63, 3.8) is 0 Å². The van der Waals surface area contributed by atoms with Crippen molar-refractivity contribution in [2.24, 2.45) is 11.7 Å². The summed E-state index contributed by atoms with van der Waals surface area (Å²) in [4.78, 5) is 11.8. The zero-order valence-electron chi connectivity index (χ0n) is 11.9. The number of rotatable bonds is 8. The molecule has 1 saturated carbocycles. The van der Waals surface area contributed by atoms with E-state index < -0.39 is 10.0 Å². The zero-order chi connectivity index (χ0) is 14.6. The summed E-state index contributed by atoms with van der Waals surface area (Å²) in [5.74, 6) is 0.512. The minimum Gasteiger partial charge on any atom is -0.352 e. The van der Waals surface area contributed by atoms with Crippen molar-refractivity contribution in [3.05, 3.63) is 0 Å². The van der Waals surface area contributed by atoms with Crippen LogP contribution in [0.1, 0.15) is 38.5 Å². The molecule has 6 nitrogen and oxygen atoms in total. The SMILES string of the molecule is NCC(NC(=O)CCCS(=O)(=O)N1CCCC1)C1CC1. The van der Waals surface area contributed by atoms with E-state index in [-0.39, 0.29) is 24.1 Å². The Bertz CT molecular complexity index is 428. The van der Waals surface area contributed by atoms with Crippen LogP contribution in [0.25, 0.3) is 0 Å². The van der Waals surface area contributed by atoms with Crippen molar-refractivity contribution in [1.29, 1.82) is 0 Å². The minimum atomic E-state index is -3.17. The van der Waals surface area contributed by atoms with Gasteiger partial charge in [-0.25, -0.2) is 12.7 Å². The molecule has 0 spiro atoms. The molecule has 116 valence electrons. The van der Waals surface area contributed by atoms with E-state index in [9.17, 15) is 13.2 Å². The molecule has 1 amide bonds. The van der Waals surface area contributed by atoms with Gasteiger partial charge in [0.05, 0.1) is 5.75 Å². The lowest BCUT2D eigenvalue weighted by atomic mass is 10.2. The van der Waals surface area contributed by atoms with Gasteiger partial charge in [0.2, 0.25) is 15.9 Å². The summed E-state index contributed by atoms with van der Waals surface area (Å²) in [5, 5.41) is 2.91. The second kappa shape index (κ2) is 6.87. The highest BCUT2D eigenvalue weighted by molar-refractivity contribution is 7.89. The molecule has 1 saturated heterocycles. The average molecular weight is 303 g/mol. The number of nitrogens with two attached hydrogens (primary N) is 1. The molecular formula is C13H25N3O3S. The number of hydrogen-bond acceptors (Lipinski definition) is 4. The Morgan fingerprint density at radius 1 is 1.30 bits per heavy atom. The lowest BCUT2D eigenvalue weighted by Crippen LogP contribution is -2.41. The molecule has 20 heavy (non-hydrogen) atoms. The van der Waals surface area contributed by atoms with Crippen LogP contribution in [0.3, 0.4) is 0 Å². The third kappa shape index (κ3) is 4.43. The van der Waals surface area contributed by atoms with Gasteiger partial charge in [0.25, 0.3) is 0 Å². The van der Waals surface area contributed by atoms with Crippen molar-refractivity contribution in [3.8, 4) is 0 Å². The third-order valence-electron chi connectivity index (χ3n) is 4.06. The molecular weight excluding hydrogens is 278 g/mol. The second-order valence-corrected chi connectivity index (χ2v) is 7.86. The molecule has 1 unspecified atom stereocenters. The fourth-order valence-corrected chi connectivity index (χ4v) is 4.24. The van der Waals surface area contributed by atoms with Crippen LogP contribution in [0.15, 0.2) is 0 Å². The van der Waals surface area contributed by atoms with E-state index in [0.29, 0.717) is 32.0 Å². The van der Waals surface area contributed by atoms with Crippen molar-refractivity contribution in [2.45, 2.75) is 44.6 Å². The van der Waals surface area contributed by atoms with Crippen molar-refractivity contribution in [2.75, 3.05) is 25.4 Å². The van der Waals surface area contributed by atoms with E-state index in [2.05, 4.69) is 5.32 Å². The molecule has 1 heterocycles. The Hall–Kier alpha value is -0.660. The first-order valence-corrected chi connectivity index (χ1v) is 9.11. The summed E-state index contributed by atoms with van der Waals surface area (Å²) >= 11 is 0. The Labute approximate surface area is 121 Å². The van der Waals surface area contributed by atoms with Gasteiger partial charge >= 0.3 is 0 Å². The van der Waals surface area contributed by atoms with Gasteiger partial charge in [-0.05, 0) is 38.0 Å². The van der Waals surface area contributed by atoms with Crippen LogP contribution in [0.5, 0.6) is 0 Å². The molecule has 2 rings (SSSR count). The molecule has 2 fully saturated rings. The predicted octanol–water partition coefficient (Wildman–Crippen LogP) is 0.0457. The summed E-state index contributed by atoms with van der Waals surface area (Å²) in [6.07, 6.45) is 4.79. The standard InChI is InChI=1S/C13H25N3O3S/c14-10-12(11-5-6-11)15-13(17)4-3-9-20(18,19)16-7-1-2-8-16/h11-12H,1-10,14H2,(H,15,17). The van der Waals surface area contributed by atoms with Gasteiger partial charge in [0.1, 0.15) is 0 Å². The number of nitrogens with zero attached hydrogens (tertiary/aromatic N) is 1. The van der Waals surface area contributed by atoms with E-state index in [4.69, 9.17) is 5.73 Å². The molecule has 3 N–H and O–H groups in total. The molecule has 7 heteroatoms. The summed E-state index contributed by atoms with van der Waals surface area (Å²) in [5.41, 5.74) is 5.63. The predicted molar refractivity (Wildman–Crippen MR) is 77.5 cm³/mol. The van der Waals surface area contributed by atoms with Crippen LogP contribution < -0.4 is 11.1 Å². The Morgan fingerprint density at radius 3 is 2.50 bits per heavy atom. The number of sulfonamides is 1. The molecule has 0 aromatic heterocycles. The molecule has 1 atom stereocenters. The van der Waals surface area contributed by atoms with E-state index in [1.54, 1.807) is 0 Å². The number of carbonyl (C=O) groups is 1. The van der Waals surface area contributed by atoms with Crippen LogP contribution in [0.4, 0.5) is 0 Å². The normalized spacial score (nSPS) is 21.9. The Morgan fingerprint density at radius 2 is 1.95 bits per heavy atom. The van der Waals surface area contributed by atoms with Gasteiger partial charge < -0.3 is 11.1 Å². The first-order chi connectivity index (χ1) is 9.53. The zero-order valence-corrected chi connectivity index (χ0v) is 12.7. The second-order valence-electron chi connectivity index (χ2n) is 5.77. The number of nitrogens with one attached hydrogen (secondary N) is 1. The molecule has 0 radical (unpaired) electrons. The molecule has 1 aliphatic carbocycles. The largest absolute Gasteiger partial charge is 0.352 e. The summed E-state index contributed by atoms with van der Waals surface area (Å²) in [7, 11) is -3.17. The van der Waals surface area contributed by atoms with Gasteiger partial charge in [0.15, 0.2) is 0 Å². The van der Waals surface area contributed by atoms with Gasteiger partial charge in [-0.15, -0.1) is 0 Å². The van der Waals surface area contributed by atoms with Crippen LogP contribution in [0.2, 0.25) is 0 Å². The maximum absolute atomic E-state index is 12.0. The van der Waals surface area contributed by atoms with Crippen LogP contribution in [0, 0.1) is 5.92 Å². The molecule has 0 bridgehead atoms. The number of amides is 1. The highest BCUT2D eigenvalue weighted by Gasteiger charge is 2.31. The molecule has 0 aromatic rings. The van der Waals surface area contributed by atoms with Gasteiger partial charge in [-0.1, -0.05) is 0 Å². The molecule has 1 aliphatic heterocycles. The first kappa shape index (κ1) is 15.7. The van der Waals surface area contributed by atoms with Crippen LogP contribution in [-0.4, -0.2) is 50.1 Å². The van der Waals surface area contributed by atoms with Crippen molar-refractivity contribution >= 4 is 15.9 Å². The highest BCUT2D eigenvalue weighted by Crippen LogP contribution is 2.32. The van der Waals surface area contributed by atoms with E-state index in [0.717, 1.165) is 25.7 Å². The number of carbonyl (C=O) groups excluding carboxylic acids is 1. The summed E-state index contributed by atoms with van der Waals surface area (Å²) < 4.78 is 25.5. The summed E-state index contributed by atoms with van der Waals surface area (Å²) in [6.45, 7) is 1.72. The first-order valence-electron chi connectivity index (χ1n) is 7.50. The van der Waals surface area contributed by atoms with E-state index in [1.165, 1.54) is 4.31 Å². The van der Waals surface area contributed by atoms with Gasteiger partial charge in [-0.2, -0.15) is 0 Å². The van der Waals surface area contributed by atoms with Crippen LogP contribution in [-0.2, 0) is 14.8 Å². The minimum absolute atomic E-state index is 0.0666. The maximum Gasteiger partial charge on any atom is 0.220 e. The Balaban J connectivity index is 1.68. The maximum atomic E-state index is 12.0. The monoisotopic (exact) mass is 303 g/mol. The van der Waals surface area contributed by atoms with Crippen molar-refractivity contribution < 1.29 is 13.2 Å². The van der Waals surface area contributed by atoms with Crippen molar-refractivity contribution in [1.82, 2.24) is 9.62 Å². The number of hydrogen-bond donors (Lipinski definition) is 2. The highest BCUT2D eigenvalue weighted by atomic mass is 32.2. The van der Waals surface area contributed by atoms with Gasteiger partial charge in [-0.3, -0.25) is 4.79 Å². The smallest absolute Gasteiger partial charge is 0.220 e. The fourth-order valence-electron chi connectivity index (χ4n) is 2.66. The fraction of sp³-hybridized carbons (Fsp3) is 0.923. The topological polar surface area (TPSA) is 92.5 Å². The third-order valence-corrected chi connectivity index (χ3v) is 6.01. The average Bonchev–Trinajstić information content (AvgIpc) is 3.08. The van der Waals surface area contributed by atoms with Crippen LogP contribution >= 0.6 is 0 Å². The molecule has 0 aromatic carbocycles. The quantitative estimate of drug-likeness (QED) is 0.662. The molecule has 2 aliphatic rings. The van der Waals surface area contributed by atoms with Gasteiger partial charge in [0, 0.05) is 32.1 Å². The van der Waals surface area contributed by atoms with E-state index in [1.807, 2.05) is 0 Å². The lowest BCUT2D eigenvalue weighted by Gasteiger charge is -2.17.